The molecule has 0 radical (unpaired) electrons. The van der Waals surface area contributed by atoms with Crippen LogP contribution in [0.2, 0.25) is 0 Å². The summed E-state index contributed by atoms with van der Waals surface area (Å²) in [6.45, 7) is 4.81. The van der Waals surface area contributed by atoms with Crippen LogP contribution in [0.5, 0.6) is 0 Å². The number of thioether (sulfide) groups is 1. The van der Waals surface area contributed by atoms with Crippen LogP contribution in [0, 0.1) is 6.92 Å². The predicted octanol–water partition coefficient (Wildman–Crippen LogP) is 1.89. The molecule has 2 aliphatic heterocycles. The number of morpholine rings is 1. The van der Waals surface area contributed by atoms with Crippen LogP contribution in [0.15, 0.2) is 26.4 Å². The van der Waals surface area contributed by atoms with Gasteiger partial charge in [0.2, 0.25) is 0 Å². The molecule has 19 heavy (non-hydrogen) atoms. The maximum Gasteiger partial charge on any atom is 0.286 e. The van der Waals surface area contributed by atoms with Crippen LogP contribution in [0.3, 0.4) is 0 Å². The third kappa shape index (κ3) is 2.74. The Morgan fingerprint density at radius 3 is 2.84 bits per heavy atom. The molecule has 1 saturated heterocycles. The van der Waals surface area contributed by atoms with Gasteiger partial charge in [-0.2, -0.15) is 4.99 Å². The normalized spacial score (nSPS) is 22.2. The highest BCUT2D eigenvalue weighted by molar-refractivity contribution is 8.18. The van der Waals surface area contributed by atoms with Crippen molar-refractivity contribution in [3.8, 4) is 0 Å². The lowest BCUT2D eigenvalue weighted by atomic mass is 10.4. The summed E-state index contributed by atoms with van der Waals surface area (Å²) in [6.07, 6.45) is 1.75. The van der Waals surface area contributed by atoms with Gasteiger partial charge in [0.1, 0.15) is 11.5 Å². The number of carbonyl (C=O) groups excluding carboxylic acids is 1. The summed E-state index contributed by atoms with van der Waals surface area (Å²) in [5.74, 6) is 1.32. The number of amidine groups is 1. The summed E-state index contributed by atoms with van der Waals surface area (Å²) < 4.78 is 10.7. The molecule has 3 heterocycles. The first-order valence-electron chi connectivity index (χ1n) is 6.14. The molecule has 0 aromatic carbocycles. The summed E-state index contributed by atoms with van der Waals surface area (Å²) in [4.78, 5) is 18.7. The zero-order valence-electron chi connectivity index (χ0n) is 10.6. The molecule has 3 rings (SSSR count). The van der Waals surface area contributed by atoms with Crippen molar-refractivity contribution in [2.75, 3.05) is 26.3 Å². The Morgan fingerprint density at radius 1 is 1.37 bits per heavy atom. The highest BCUT2D eigenvalue weighted by Crippen LogP contribution is 2.30. The fourth-order valence-electron chi connectivity index (χ4n) is 1.95. The summed E-state index contributed by atoms with van der Waals surface area (Å²) in [5, 5.41) is 0.767. The number of aryl methyl sites for hydroxylation is 1. The minimum Gasteiger partial charge on any atom is -0.462 e. The van der Waals surface area contributed by atoms with Crippen molar-refractivity contribution < 1.29 is 13.9 Å². The topological polar surface area (TPSA) is 55.0 Å². The number of furan rings is 1. The molecule has 100 valence electrons. The van der Waals surface area contributed by atoms with Crippen molar-refractivity contribution in [1.29, 1.82) is 0 Å². The Balaban J connectivity index is 1.74. The summed E-state index contributed by atoms with van der Waals surface area (Å²) in [6, 6.07) is 3.73. The number of ether oxygens (including phenoxy) is 1. The Bertz CT molecular complexity index is 556. The summed E-state index contributed by atoms with van der Waals surface area (Å²) >= 11 is 1.40. The molecule has 1 fully saturated rings. The van der Waals surface area contributed by atoms with E-state index in [1.165, 1.54) is 11.8 Å². The Hall–Kier alpha value is -1.53. The monoisotopic (exact) mass is 278 g/mol. The minimum absolute atomic E-state index is 0.194. The molecular weight excluding hydrogens is 264 g/mol. The first kappa shape index (κ1) is 12.5. The average Bonchev–Trinajstić information content (AvgIpc) is 2.98. The number of amides is 1. The molecule has 0 atom stereocenters. The Morgan fingerprint density at radius 2 is 2.16 bits per heavy atom. The van der Waals surface area contributed by atoms with Crippen molar-refractivity contribution in [1.82, 2.24) is 4.90 Å². The Labute approximate surface area is 115 Å². The zero-order chi connectivity index (χ0) is 13.2. The standard InChI is InChI=1S/C13H14N2O3S/c1-9-2-3-10(18-9)8-11-12(16)14-13(19-11)15-4-6-17-7-5-15/h2-3,8H,4-7H2,1H3/b11-8+. The quantitative estimate of drug-likeness (QED) is 0.734. The Kier molecular flexibility index (Phi) is 3.44. The minimum atomic E-state index is -0.194. The van der Waals surface area contributed by atoms with Gasteiger partial charge in [0, 0.05) is 19.2 Å². The van der Waals surface area contributed by atoms with E-state index in [9.17, 15) is 4.79 Å². The molecule has 0 bridgehead atoms. The second-order valence-electron chi connectivity index (χ2n) is 4.36. The molecule has 0 saturated carbocycles. The van der Waals surface area contributed by atoms with E-state index in [2.05, 4.69) is 9.89 Å². The van der Waals surface area contributed by atoms with Gasteiger partial charge in [-0.1, -0.05) is 0 Å². The smallest absolute Gasteiger partial charge is 0.286 e. The van der Waals surface area contributed by atoms with Crippen LogP contribution in [0.1, 0.15) is 11.5 Å². The second kappa shape index (κ2) is 5.22. The zero-order valence-corrected chi connectivity index (χ0v) is 11.4. The van der Waals surface area contributed by atoms with E-state index in [0.29, 0.717) is 23.9 Å². The van der Waals surface area contributed by atoms with Gasteiger partial charge >= 0.3 is 0 Å². The van der Waals surface area contributed by atoms with Gasteiger partial charge in [0.15, 0.2) is 5.17 Å². The van der Waals surface area contributed by atoms with Crippen LogP contribution >= 0.6 is 11.8 Å². The van der Waals surface area contributed by atoms with Gasteiger partial charge in [-0.15, -0.1) is 0 Å². The first-order valence-corrected chi connectivity index (χ1v) is 6.96. The molecule has 1 aromatic rings. The summed E-state index contributed by atoms with van der Waals surface area (Å²) in [7, 11) is 0. The predicted molar refractivity (Wildman–Crippen MR) is 73.8 cm³/mol. The largest absolute Gasteiger partial charge is 0.462 e. The molecule has 0 N–H and O–H groups in total. The highest BCUT2D eigenvalue weighted by Gasteiger charge is 2.27. The van der Waals surface area contributed by atoms with Crippen molar-refractivity contribution in [2.45, 2.75) is 6.92 Å². The van der Waals surface area contributed by atoms with Gasteiger partial charge in [-0.05, 0) is 30.8 Å². The number of hydrogen-bond acceptors (Lipinski definition) is 5. The number of rotatable bonds is 1. The molecular formula is C13H14N2O3S. The number of aliphatic imine (C=N–C) groups is 1. The van der Waals surface area contributed by atoms with E-state index in [-0.39, 0.29) is 5.91 Å². The third-order valence-corrected chi connectivity index (χ3v) is 3.97. The number of nitrogens with zero attached hydrogens (tertiary/aromatic N) is 2. The molecule has 0 spiro atoms. The maximum atomic E-state index is 11.9. The molecule has 6 heteroatoms. The van der Waals surface area contributed by atoms with Crippen molar-refractivity contribution >= 4 is 28.9 Å². The van der Waals surface area contributed by atoms with Gasteiger partial charge in [-0.3, -0.25) is 4.79 Å². The highest BCUT2D eigenvalue weighted by atomic mass is 32.2. The molecule has 2 aliphatic rings. The van der Waals surface area contributed by atoms with E-state index < -0.39 is 0 Å². The fraction of sp³-hybridized carbons (Fsp3) is 0.385. The third-order valence-electron chi connectivity index (χ3n) is 2.93. The van der Waals surface area contributed by atoms with Crippen LogP contribution in [0.25, 0.3) is 6.08 Å². The molecule has 5 nitrogen and oxygen atoms in total. The van der Waals surface area contributed by atoms with Crippen LogP contribution in [0.4, 0.5) is 0 Å². The maximum absolute atomic E-state index is 11.9. The lowest BCUT2D eigenvalue weighted by molar-refractivity contribution is -0.113. The molecule has 1 aromatic heterocycles. The van der Waals surface area contributed by atoms with E-state index in [1.807, 2.05) is 19.1 Å². The van der Waals surface area contributed by atoms with Crippen LogP contribution < -0.4 is 0 Å². The van der Waals surface area contributed by atoms with Crippen molar-refractivity contribution in [2.24, 2.45) is 4.99 Å². The molecule has 0 unspecified atom stereocenters. The van der Waals surface area contributed by atoms with Crippen LogP contribution in [-0.2, 0) is 9.53 Å². The lowest BCUT2D eigenvalue weighted by Gasteiger charge is -2.27. The van der Waals surface area contributed by atoms with Crippen LogP contribution in [-0.4, -0.2) is 42.3 Å². The summed E-state index contributed by atoms with van der Waals surface area (Å²) in [5.41, 5.74) is 0. The van der Waals surface area contributed by atoms with Gasteiger partial charge in [0.25, 0.3) is 5.91 Å². The van der Waals surface area contributed by atoms with Crippen molar-refractivity contribution in [3.05, 3.63) is 28.6 Å². The van der Waals surface area contributed by atoms with E-state index in [4.69, 9.17) is 9.15 Å². The molecule has 0 aliphatic carbocycles. The van der Waals surface area contributed by atoms with Gasteiger partial charge in [0.05, 0.1) is 18.1 Å². The van der Waals surface area contributed by atoms with Gasteiger partial charge in [-0.25, -0.2) is 0 Å². The van der Waals surface area contributed by atoms with Crippen molar-refractivity contribution in [3.63, 3.8) is 0 Å². The first-order chi connectivity index (χ1) is 9.22. The number of hydrogen-bond donors (Lipinski definition) is 0. The second-order valence-corrected chi connectivity index (χ2v) is 5.37. The SMILES string of the molecule is Cc1ccc(/C=C2/SC(N3CCOCC3)=NC2=O)o1. The lowest BCUT2D eigenvalue weighted by Crippen LogP contribution is -2.38. The van der Waals surface area contributed by atoms with E-state index >= 15 is 0 Å². The number of carbonyl (C=O) groups is 1. The average molecular weight is 278 g/mol. The fourth-order valence-corrected chi connectivity index (χ4v) is 2.89. The van der Waals surface area contributed by atoms with Gasteiger partial charge < -0.3 is 14.1 Å². The van der Waals surface area contributed by atoms with E-state index in [0.717, 1.165) is 24.0 Å². The molecule has 1 amide bonds. The van der Waals surface area contributed by atoms with E-state index in [1.54, 1.807) is 6.08 Å².